The van der Waals surface area contributed by atoms with Crippen molar-refractivity contribution in [2.45, 2.75) is 39.5 Å². The van der Waals surface area contributed by atoms with Gasteiger partial charge in [0.2, 0.25) is 0 Å². The molecule has 0 saturated carbocycles. The largest absolute Gasteiger partial charge is 0.478 e. The number of aliphatic carboxylic acids is 1. The van der Waals surface area contributed by atoms with Gasteiger partial charge in [0.25, 0.3) is 0 Å². The van der Waals surface area contributed by atoms with Crippen LogP contribution in [0.4, 0.5) is 0 Å². The van der Waals surface area contributed by atoms with Crippen LogP contribution in [0.1, 0.15) is 39.5 Å². The molecular formula is C11H21NO2. The average molecular weight is 199 g/mol. The smallest absolute Gasteiger partial charge is 0.329 e. The van der Waals surface area contributed by atoms with E-state index in [1.54, 1.807) is 0 Å². The number of rotatable bonds is 8. The monoisotopic (exact) mass is 199 g/mol. The Balaban J connectivity index is 3.56. The van der Waals surface area contributed by atoms with E-state index in [1.807, 2.05) is 0 Å². The van der Waals surface area contributed by atoms with Crippen molar-refractivity contribution >= 4 is 5.97 Å². The summed E-state index contributed by atoms with van der Waals surface area (Å²) in [6, 6.07) is 0. The van der Waals surface area contributed by atoms with Crippen molar-refractivity contribution in [1.29, 1.82) is 0 Å². The Morgan fingerprint density at radius 1 is 1.50 bits per heavy atom. The lowest BCUT2D eigenvalue weighted by atomic mass is 9.99. The third kappa shape index (κ3) is 7.65. The van der Waals surface area contributed by atoms with Gasteiger partial charge in [-0.05, 0) is 12.3 Å². The van der Waals surface area contributed by atoms with E-state index >= 15 is 0 Å². The van der Waals surface area contributed by atoms with Gasteiger partial charge in [0.05, 0.1) is 0 Å². The summed E-state index contributed by atoms with van der Waals surface area (Å²) in [5.74, 6) is -0.243. The number of hydrogen-bond donors (Lipinski definition) is 2. The summed E-state index contributed by atoms with van der Waals surface area (Å²) in [4.78, 5) is 10.2. The van der Waals surface area contributed by atoms with E-state index in [-0.39, 0.29) is 0 Å². The van der Waals surface area contributed by atoms with E-state index < -0.39 is 5.97 Å². The van der Waals surface area contributed by atoms with E-state index in [1.165, 1.54) is 25.5 Å². The number of unbranched alkanes of at least 4 members (excludes halogenated alkanes) is 1. The van der Waals surface area contributed by atoms with E-state index in [9.17, 15) is 4.79 Å². The Labute approximate surface area is 86.2 Å². The normalized spacial score (nSPS) is 13.0. The minimum atomic E-state index is -0.904. The highest BCUT2D eigenvalue weighted by Crippen LogP contribution is 2.10. The average Bonchev–Trinajstić information content (AvgIpc) is 2.16. The fourth-order valence-electron chi connectivity index (χ4n) is 1.31. The number of carbonyl (C=O) groups is 1. The molecule has 0 heterocycles. The first-order valence-electron chi connectivity index (χ1n) is 5.33. The summed E-state index contributed by atoms with van der Waals surface area (Å²) in [6.07, 6.45) is 7.49. The third-order valence-electron chi connectivity index (χ3n) is 2.29. The van der Waals surface area contributed by atoms with Gasteiger partial charge in [0, 0.05) is 18.8 Å². The van der Waals surface area contributed by atoms with Crippen LogP contribution in [-0.2, 0) is 4.79 Å². The molecule has 0 aromatic heterocycles. The predicted octanol–water partition coefficient (Wildman–Crippen LogP) is 2.39. The molecule has 0 fully saturated rings. The Bertz CT molecular complexity index is 178. The second-order valence-electron chi connectivity index (χ2n) is 3.50. The molecule has 14 heavy (non-hydrogen) atoms. The molecule has 0 spiro atoms. The highest BCUT2D eigenvalue weighted by Gasteiger charge is 2.03. The molecule has 2 N–H and O–H groups in total. The quantitative estimate of drug-likeness (QED) is 0.590. The molecule has 3 heteroatoms. The SMILES string of the molecule is CCCCC(CC)CN/C=C/C(=O)O. The minimum Gasteiger partial charge on any atom is -0.478 e. The molecular weight excluding hydrogens is 178 g/mol. The number of nitrogens with one attached hydrogen (secondary N) is 1. The van der Waals surface area contributed by atoms with Gasteiger partial charge in [0.1, 0.15) is 0 Å². The van der Waals surface area contributed by atoms with E-state index in [2.05, 4.69) is 19.2 Å². The fourth-order valence-corrected chi connectivity index (χ4v) is 1.31. The summed E-state index contributed by atoms with van der Waals surface area (Å²) in [5.41, 5.74) is 0. The molecule has 0 bridgehead atoms. The van der Waals surface area contributed by atoms with Crippen LogP contribution < -0.4 is 5.32 Å². The van der Waals surface area contributed by atoms with Crippen LogP contribution in [-0.4, -0.2) is 17.6 Å². The number of carboxylic acid groups (broad SMARTS) is 1. The van der Waals surface area contributed by atoms with Gasteiger partial charge in [-0.25, -0.2) is 4.79 Å². The molecule has 0 aliphatic carbocycles. The summed E-state index contributed by atoms with van der Waals surface area (Å²) in [7, 11) is 0. The van der Waals surface area contributed by atoms with Crippen molar-refractivity contribution in [3.8, 4) is 0 Å². The zero-order valence-electron chi connectivity index (χ0n) is 9.12. The lowest BCUT2D eigenvalue weighted by Gasteiger charge is -2.13. The lowest BCUT2D eigenvalue weighted by molar-refractivity contribution is -0.131. The fraction of sp³-hybridized carbons (Fsp3) is 0.727. The van der Waals surface area contributed by atoms with Crippen LogP contribution in [0.2, 0.25) is 0 Å². The molecule has 0 amide bonds. The van der Waals surface area contributed by atoms with Crippen molar-refractivity contribution in [1.82, 2.24) is 5.32 Å². The molecule has 0 aromatic rings. The Morgan fingerprint density at radius 2 is 2.21 bits per heavy atom. The van der Waals surface area contributed by atoms with Crippen molar-refractivity contribution in [3.05, 3.63) is 12.3 Å². The topological polar surface area (TPSA) is 49.3 Å². The Morgan fingerprint density at radius 3 is 2.71 bits per heavy atom. The molecule has 0 saturated heterocycles. The molecule has 3 nitrogen and oxygen atoms in total. The molecule has 82 valence electrons. The van der Waals surface area contributed by atoms with E-state index in [0.29, 0.717) is 5.92 Å². The van der Waals surface area contributed by atoms with E-state index in [4.69, 9.17) is 5.11 Å². The van der Waals surface area contributed by atoms with Gasteiger partial charge >= 0.3 is 5.97 Å². The lowest BCUT2D eigenvalue weighted by Crippen LogP contribution is -2.17. The molecule has 0 rings (SSSR count). The summed E-state index contributed by atoms with van der Waals surface area (Å²) >= 11 is 0. The standard InChI is InChI=1S/C11H21NO2/c1-3-5-6-10(4-2)9-12-8-7-11(13)14/h7-8,10,12H,3-6,9H2,1-2H3,(H,13,14)/b8-7+. The summed E-state index contributed by atoms with van der Waals surface area (Å²) in [6.45, 7) is 5.23. The Kier molecular flexibility index (Phi) is 7.99. The first kappa shape index (κ1) is 13.0. The Hall–Kier alpha value is -0.990. The zero-order chi connectivity index (χ0) is 10.8. The van der Waals surface area contributed by atoms with Gasteiger partial charge in [-0.1, -0.05) is 33.1 Å². The minimum absolute atomic E-state index is 0.661. The molecule has 1 atom stereocenters. The van der Waals surface area contributed by atoms with Crippen LogP contribution >= 0.6 is 0 Å². The van der Waals surface area contributed by atoms with Gasteiger partial charge in [-0.3, -0.25) is 0 Å². The molecule has 0 aromatic carbocycles. The second-order valence-corrected chi connectivity index (χ2v) is 3.50. The van der Waals surface area contributed by atoms with Gasteiger partial charge in [0.15, 0.2) is 0 Å². The highest BCUT2D eigenvalue weighted by molar-refractivity contribution is 5.79. The first-order chi connectivity index (χ1) is 6.70. The van der Waals surface area contributed by atoms with Crippen LogP contribution in [0.15, 0.2) is 12.3 Å². The van der Waals surface area contributed by atoms with Gasteiger partial charge < -0.3 is 10.4 Å². The summed E-state index contributed by atoms with van der Waals surface area (Å²) < 4.78 is 0. The maximum Gasteiger partial charge on any atom is 0.329 e. The van der Waals surface area contributed by atoms with Gasteiger partial charge in [-0.15, -0.1) is 0 Å². The summed E-state index contributed by atoms with van der Waals surface area (Å²) in [5, 5.41) is 11.4. The number of hydrogen-bond acceptors (Lipinski definition) is 2. The number of carboxylic acids is 1. The van der Waals surface area contributed by atoms with Crippen LogP contribution in [0.3, 0.4) is 0 Å². The van der Waals surface area contributed by atoms with Crippen LogP contribution in [0.5, 0.6) is 0 Å². The first-order valence-corrected chi connectivity index (χ1v) is 5.33. The van der Waals surface area contributed by atoms with Crippen LogP contribution in [0, 0.1) is 5.92 Å². The maximum atomic E-state index is 10.2. The van der Waals surface area contributed by atoms with Crippen molar-refractivity contribution in [2.75, 3.05) is 6.54 Å². The molecule has 0 radical (unpaired) electrons. The second kappa shape index (κ2) is 8.60. The molecule has 0 aliphatic heterocycles. The third-order valence-corrected chi connectivity index (χ3v) is 2.29. The van der Waals surface area contributed by atoms with Crippen molar-refractivity contribution < 1.29 is 9.90 Å². The molecule has 1 unspecified atom stereocenters. The maximum absolute atomic E-state index is 10.2. The predicted molar refractivity (Wildman–Crippen MR) is 58.1 cm³/mol. The van der Waals surface area contributed by atoms with Crippen LogP contribution in [0.25, 0.3) is 0 Å². The van der Waals surface area contributed by atoms with Gasteiger partial charge in [-0.2, -0.15) is 0 Å². The highest BCUT2D eigenvalue weighted by atomic mass is 16.4. The van der Waals surface area contributed by atoms with E-state index in [0.717, 1.165) is 19.0 Å². The van der Waals surface area contributed by atoms with Crippen molar-refractivity contribution in [3.63, 3.8) is 0 Å². The molecule has 0 aliphatic rings. The van der Waals surface area contributed by atoms with Crippen molar-refractivity contribution in [2.24, 2.45) is 5.92 Å². The zero-order valence-corrected chi connectivity index (χ0v) is 9.12.